The lowest BCUT2D eigenvalue weighted by Crippen LogP contribution is -2.01. The second kappa shape index (κ2) is 5.19. The molecule has 0 aliphatic rings. The Bertz CT molecular complexity index is 525. The molecule has 1 nitrogen and oxygen atoms in total. The van der Waals surface area contributed by atoms with Crippen molar-refractivity contribution in [1.29, 1.82) is 0 Å². The first-order valence-corrected chi connectivity index (χ1v) is 5.78. The molecule has 1 N–H and O–H groups in total. The molecule has 0 atom stereocenters. The smallest absolute Gasteiger partial charge is 0.146 e. The second-order valence-corrected chi connectivity index (χ2v) is 4.32. The summed E-state index contributed by atoms with van der Waals surface area (Å²) in [6.45, 7) is 2.51. The molecule has 3 heteroatoms. The number of benzene rings is 2. The van der Waals surface area contributed by atoms with Crippen molar-refractivity contribution in [2.75, 3.05) is 5.32 Å². The highest BCUT2D eigenvalue weighted by Gasteiger charge is 2.01. The number of hydrogen-bond donors (Lipinski definition) is 1. The fourth-order valence-corrected chi connectivity index (χ4v) is 1.75. The van der Waals surface area contributed by atoms with Crippen molar-refractivity contribution in [3.8, 4) is 0 Å². The quantitative estimate of drug-likeness (QED) is 0.850. The van der Waals surface area contributed by atoms with E-state index in [1.807, 2.05) is 25.1 Å². The van der Waals surface area contributed by atoms with E-state index in [1.165, 1.54) is 6.07 Å². The van der Waals surface area contributed by atoms with Crippen molar-refractivity contribution >= 4 is 17.3 Å². The lowest BCUT2D eigenvalue weighted by Gasteiger charge is -2.08. The average molecular weight is 250 g/mol. The summed E-state index contributed by atoms with van der Waals surface area (Å²) in [6, 6.07) is 12.5. The van der Waals surface area contributed by atoms with Gasteiger partial charge in [-0.25, -0.2) is 4.39 Å². The Labute approximate surface area is 105 Å². The summed E-state index contributed by atoms with van der Waals surface area (Å²) >= 11 is 6.02. The van der Waals surface area contributed by atoms with E-state index in [4.69, 9.17) is 11.6 Å². The van der Waals surface area contributed by atoms with E-state index in [9.17, 15) is 4.39 Å². The molecule has 2 aromatic carbocycles. The summed E-state index contributed by atoms with van der Waals surface area (Å²) in [7, 11) is 0. The van der Waals surface area contributed by atoms with Gasteiger partial charge < -0.3 is 5.32 Å². The zero-order valence-electron chi connectivity index (χ0n) is 9.50. The van der Waals surface area contributed by atoms with Crippen molar-refractivity contribution in [1.82, 2.24) is 0 Å². The van der Waals surface area contributed by atoms with E-state index >= 15 is 0 Å². The normalized spacial score (nSPS) is 10.3. The highest BCUT2D eigenvalue weighted by molar-refractivity contribution is 6.31. The predicted molar refractivity (Wildman–Crippen MR) is 69.9 cm³/mol. The summed E-state index contributed by atoms with van der Waals surface area (Å²) in [6.07, 6.45) is 0. The molecule has 88 valence electrons. The van der Waals surface area contributed by atoms with Gasteiger partial charge >= 0.3 is 0 Å². The molecule has 0 aliphatic heterocycles. The van der Waals surface area contributed by atoms with E-state index in [0.29, 0.717) is 12.2 Å². The second-order valence-electron chi connectivity index (χ2n) is 3.92. The summed E-state index contributed by atoms with van der Waals surface area (Å²) in [5.41, 5.74) is 2.58. The zero-order valence-corrected chi connectivity index (χ0v) is 10.3. The van der Waals surface area contributed by atoms with E-state index < -0.39 is 0 Å². The number of para-hydroxylation sites is 1. The predicted octanol–water partition coefficient (Wildman–Crippen LogP) is 4.40. The molecule has 0 aromatic heterocycles. The minimum Gasteiger partial charge on any atom is -0.379 e. The molecule has 0 saturated heterocycles. The van der Waals surface area contributed by atoms with Crippen LogP contribution in [0.1, 0.15) is 11.1 Å². The van der Waals surface area contributed by atoms with Crippen molar-refractivity contribution < 1.29 is 4.39 Å². The van der Waals surface area contributed by atoms with Gasteiger partial charge in [-0.3, -0.25) is 0 Å². The Morgan fingerprint density at radius 2 is 1.94 bits per heavy atom. The van der Waals surface area contributed by atoms with Gasteiger partial charge in [0.05, 0.1) is 5.69 Å². The summed E-state index contributed by atoms with van der Waals surface area (Å²) in [5.74, 6) is -0.245. The Balaban J connectivity index is 2.08. The number of anilines is 1. The van der Waals surface area contributed by atoms with E-state index in [2.05, 4.69) is 5.32 Å². The fourth-order valence-electron chi connectivity index (χ4n) is 1.55. The number of nitrogens with one attached hydrogen (secondary N) is 1. The third kappa shape index (κ3) is 2.98. The fraction of sp³-hybridized carbons (Fsp3) is 0.143. The Kier molecular flexibility index (Phi) is 3.64. The molecule has 17 heavy (non-hydrogen) atoms. The Morgan fingerprint density at radius 1 is 1.18 bits per heavy atom. The average Bonchev–Trinajstić information content (AvgIpc) is 2.32. The van der Waals surface area contributed by atoms with E-state index in [-0.39, 0.29) is 5.82 Å². The van der Waals surface area contributed by atoms with Crippen LogP contribution in [0, 0.1) is 12.7 Å². The van der Waals surface area contributed by atoms with Crippen LogP contribution < -0.4 is 5.32 Å². The van der Waals surface area contributed by atoms with Gasteiger partial charge in [0.2, 0.25) is 0 Å². The number of aryl methyl sites for hydroxylation is 1. The van der Waals surface area contributed by atoms with Crippen LogP contribution in [0.3, 0.4) is 0 Å². The molecule has 0 heterocycles. The Hall–Kier alpha value is -1.54. The van der Waals surface area contributed by atoms with Gasteiger partial charge in [0.1, 0.15) is 5.82 Å². The highest BCUT2D eigenvalue weighted by atomic mass is 35.5. The van der Waals surface area contributed by atoms with Crippen molar-refractivity contribution in [2.24, 2.45) is 0 Å². The standard InChI is InChI=1S/C14H13ClFN/c1-10-6-7-11(8-12(10)15)9-17-14-5-3-2-4-13(14)16/h2-8,17H,9H2,1H3. The summed E-state index contributed by atoms with van der Waals surface area (Å²) in [4.78, 5) is 0. The highest BCUT2D eigenvalue weighted by Crippen LogP contribution is 2.18. The first-order valence-electron chi connectivity index (χ1n) is 5.40. The third-order valence-electron chi connectivity index (χ3n) is 2.59. The first-order chi connectivity index (χ1) is 8.16. The topological polar surface area (TPSA) is 12.0 Å². The molecule has 0 fully saturated rings. The molecule has 2 aromatic rings. The molecule has 0 radical (unpaired) electrons. The van der Waals surface area contributed by atoms with Gasteiger partial charge in [0.15, 0.2) is 0 Å². The van der Waals surface area contributed by atoms with Gasteiger partial charge in [-0.2, -0.15) is 0 Å². The van der Waals surface area contributed by atoms with Crippen LogP contribution in [0.4, 0.5) is 10.1 Å². The van der Waals surface area contributed by atoms with Gasteiger partial charge in [-0.05, 0) is 36.2 Å². The minimum absolute atomic E-state index is 0.245. The number of rotatable bonds is 3. The van der Waals surface area contributed by atoms with Gasteiger partial charge in [-0.15, -0.1) is 0 Å². The first kappa shape index (κ1) is 11.9. The van der Waals surface area contributed by atoms with Crippen molar-refractivity contribution in [3.63, 3.8) is 0 Å². The minimum atomic E-state index is -0.245. The van der Waals surface area contributed by atoms with Crippen LogP contribution in [0.15, 0.2) is 42.5 Å². The SMILES string of the molecule is Cc1ccc(CNc2ccccc2F)cc1Cl. The molecule has 2 rings (SSSR count). The Morgan fingerprint density at radius 3 is 2.65 bits per heavy atom. The summed E-state index contributed by atoms with van der Waals surface area (Å²) in [5, 5.41) is 3.78. The molecule has 0 bridgehead atoms. The molecule has 0 unspecified atom stereocenters. The van der Waals surface area contributed by atoms with Crippen LogP contribution in [0.25, 0.3) is 0 Å². The van der Waals surface area contributed by atoms with Crippen molar-refractivity contribution in [3.05, 3.63) is 64.4 Å². The van der Waals surface area contributed by atoms with Crippen molar-refractivity contribution in [2.45, 2.75) is 13.5 Å². The van der Waals surface area contributed by atoms with E-state index in [0.717, 1.165) is 16.1 Å². The summed E-state index contributed by atoms with van der Waals surface area (Å²) < 4.78 is 13.3. The van der Waals surface area contributed by atoms with E-state index in [1.54, 1.807) is 18.2 Å². The third-order valence-corrected chi connectivity index (χ3v) is 3.00. The lowest BCUT2D eigenvalue weighted by molar-refractivity contribution is 0.630. The van der Waals surface area contributed by atoms with Gasteiger partial charge in [-0.1, -0.05) is 35.9 Å². The van der Waals surface area contributed by atoms with Crippen LogP contribution >= 0.6 is 11.6 Å². The van der Waals surface area contributed by atoms with Crippen LogP contribution in [0.5, 0.6) is 0 Å². The van der Waals surface area contributed by atoms with Gasteiger partial charge in [0.25, 0.3) is 0 Å². The molecule has 0 amide bonds. The maximum Gasteiger partial charge on any atom is 0.146 e. The van der Waals surface area contributed by atoms with Crippen LogP contribution in [0.2, 0.25) is 5.02 Å². The van der Waals surface area contributed by atoms with Gasteiger partial charge in [0, 0.05) is 11.6 Å². The monoisotopic (exact) mass is 249 g/mol. The zero-order chi connectivity index (χ0) is 12.3. The lowest BCUT2D eigenvalue weighted by atomic mass is 10.1. The maximum absolute atomic E-state index is 13.3. The number of hydrogen-bond acceptors (Lipinski definition) is 1. The molecule has 0 spiro atoms. The molecular weight excluding hydrogens is 237 g/mol. The molecule has 0 saturated carbocycles. The number of halogens is 2. The van der Waals surface area contributed by atoms with Crippen LogP contribution in [-0.2, 0) is 6.54 Å². The maximum atomic E-state index is 13.3. The molecular formula is C14H13ClFN. The largest absolute Gasteiger partial charge is 0.379 e. The molecule has 0 aliphatic carbocycles. The van der Waals surface area contributed by atoms with Crippen LogP contribution in [-0.4, -0.2) is 0 Å².